The molecule has 1 saturated heterocycles. The van der Waals surface area contributed by atoms with Crippen LogP contribution in [0.1, 0.15) is 18.4 Å². The third kappa shape index (κ3) is 5.16. The lowest BCUT2D eigenvalue weighted by Crippen LogP contribution is -2.53. The highest BCUT2D eigenvalue weighted by Crippen LogP contribution is 2.30. The molecule has 2 N–H and O–H groups in total. The number of carbonyl (C=O) groups is 2. The molecule has 0 radical (unpaired) electrons. The van der Waals surface area contributed by atoms with Crippen LogP contribution >= 0.6 is 0 Å². The van der Waals surface area contributed by atoms with Gasteiger partial charge in [0.1, 0.15) is 6.04 Å². The molecule has 1 aromatic heterocycles. The fraction of sp³-hybridized carbons (Fsp3) is 0.208. The Balaban J connectivity index is 1.40. The number of amides is 3. The van der Waals surface area contributed by atoms with E-state index in [0.717, 1.165) is 24.3 Å². The molecular formula is C24H20F4N4O2. The first kappa shape index (κ1) is 23.2. The molecule has 6 nitrogen and oxygen atoms in total. The number of halogens is 4. The molecule has 0 aliphatic carbocycles. The lowest BCUT2D eigenvalue weighted by Gasteiger charge is -2.32. The second-order valence-electron chi connectivity index (χ2n) is 7.75. The van der Waals surface area contributed by atoms with Crippen molar-refractivity contribution in [2.75, 3.05) is 16.8 Å². The van der Waals surface area contributed by atoms with Gasteiger partial charge in [0.05, 0.1) is 5.56 Å². The van der Waals surface area contributed by atoms with Gasteiger partial charge < -0.3 is 15.5 Å². The van der Waals surface area contributed by atoms with E-state index in [0.29, 0.717) is 36.2 Å². The SMILES string of the molecule is O=C(Nc1ccc(C(F)(F)F)cc1)N[C@H]1CCCN(c2ccc(-c3cccnc3F)cc2)C1=O. The van der Waals surface area contributed by atoms with Crippen LogP contribution in [0.5, 0.6) is 0 Å². The van der Waals surface area contributed by atoms with E-state index in [-0.39, 0.29) is 11.6 Å². The minimum atomic E-state index is -4.47. The fourth-order valence-corrected chi connectivity index (χ4v) is 3.76. The van der Waals surface area contributed by atoms with Gasteiger partial charge in [-0.15, -0.1) is 0 Å². The second kappa shape index (κ2) is 9.50. The molecule has 1 aliphatic heterocycles. The highest BCUT2D eigenvalue weighted by atomic mass is 19.4. The molecule has 1 atom stereocenters. The number of anilines is 2. The lowest BCUT2D eigenvalue weighted by atomic mass is 10.0. The van der Waals surface area contributed by atoms with Gasteiger partial charge in [-0.1, -0.05) is 12.1 Å². The lowest BCUT2D eigenvalue weighted by molar-refractivity contribution is -0.137. The maximum atomic E-state index is 13.9. The topological polar surface area (TPSA) is 74.3 Å². The van der Waals surface area contributed by atoms with Crippen molar-refractivity contribution in [3.8, 4) is 11.1 Å². The molecule has 3 amide bonds. The number of aromatic nitrogens is 1. The zero-order valence-corrected chi connectivity index (χ0v) is 17.8. The minimum absolute atomic E-state index is 0.170. The van der Waals surface area contributed by atoms with E-state index in [9.17, 15) is 27.2 Å². The Morgan fingerprint density at radius 2 is 1.74 bits per heavy atom. The first-order valence-corrected chi connectivity index (χ1v) is 10.5. The van der Waals surface area contributed by atoms with Crippen molar-refractivity contribution in [1.29, 1.82) is 0 Å². The van der Waals surface area contributed by atoms with E-state index in [1.54, 1.807) is 36.4 Å². The molecule has 1 aliphatic rings. The number of rotatable bonds is 4. The third-order valence-electron chi connectivity index (χ3n) is 5.46. The highest BCUT2D eigenvalue weighted by Gasteiger charge is 2.32. The summed E-state index contributed by atoms with van der Waals surface area (Å²) >= 11 is 0. The minimum Gasteiger partial charge on any atom is -0.326 e. The Morgan fingerprint density at radius 1 is 1.03 bits per heavy atom. The predicted octanol–water partition coefficient (Wildman–Crippen LogP) is 5.22. The number of hydrogen-bond donors (Lipinski definition) is 2. The van der Waals surface area contributed by atoms with Gasteiger partial charge in [0.2, 0.25) is 11.9 Å². The van der Waals surface area contributed by atoms with Gasteiger partial charge in [-0.25, -0.2) is 9.78 Å². The molecule has 2 heterocycles. The van der Waals surface area contributed by atoms with Gasteiger partial charge in [0.15, 0.2) is 0 Å². The Kier molecular flexibility index (Phi) is 6.49. The Bertz CT molecular complexity index is 1180. The number of benzene rings is 2. The number of nitrogens with one attached hydrogen (secondary N) is 2. The van der Waals surface area contributed by atoms with Crippen LogP contribution in [0.25, 0.3) is 11.1 Å². The van der Waals surface area contributed by atoms with Crippen LogP contribution < -0.4 is 15.5 Å². The molecule has 176 valence electrons. The Hall–Kier alpha value is -3.95. The van der Waals surface area contributed by atoms with Gasteiger partial charge >= 0.3 is 12.2 Å². The van der Waals surface area contributed by atoms with Crippen LogP contribution in [-0.2, 0) is 11.0 Å². The van der Waals surface area contributed by atoms with Crippen molar-refractivity contribution in [2.24, 2.45) is 0 Å². The number of carbonyl (C=O) groups excluding carboxylic acids is 2. The largest absolute Gasteiger partial charge is 0.416 e. The maximum Gasteiger partial charge on any atom is 0.416 e. The normalized spacial score (nSPS) is 16.3. The molecule has 0 spiro atoms. The van der Waals surface area contributed by atoms with Crippen LogP contribution in [-0.4, -0.2) is 29.5 Å². The maximum absolute atomic E-state index is 13.9. The van der Waals surface area contributed by atoms with Crippen LogP contribution in [0.2, 0.25) is 0 Å². The van der Waals surface area contributed by atoms with Crippen LogP contribution in [0.4, 0.5) is 33.7 Å². The number of nitrogens with zero attached hydrogens (tertiary/aromatic N) is 2. The summed E-state index contributed by atoms with van der Waals surface area (Å²) in [5.74, 6) is -0.901. The number of pyridine rings is 1. The molecule has 1 fully saturated rings. The van der Waals surface area contributed by atoms with Gasteiger partial charge in [0.25, 0.3) is 0 Å². The predicted molar refractivity (Wildman–Crippen MR) is 119 cm³/mol. The average Bonchev–Trinajstić information content (AvgIpc) is 2.81. The van der Waals surface area contributed by atoms with E-state index in [1.165, 1.54) is 11.1 Å². The van der Waals surface area contributed by atoms with Gasteiger partial charge in [-0.05, 0) is 66.9 Å². The molecule has 34 heavy (non-hydrogen) atoms. The summed E-state index contributed by atoms with van der Waals surface area (Å²) in [5.41, 5.74) is 0.910. The second-order valence-corrected chi connectivity index (χ2v) is 7.75. The van der Waals surface area contributed by atoms with Crippen molar-refractivity contribution in [1.82, 2.24) is 10.3 Å². The van der Waals surface area contributed by atoms with E-state index in [2.05, 4.69) is 15.6 Å². The third-order valence-corrected chi connectivity index (χ3v) is 5.46. The summed E-state index contributed by atoms with van der Waals surface area (Å²) in [7, 11) is 0. The Labute approximate surface area is 192 Å². The fourth-order valence-electron chi connectivity index (χ4n) is 3.76. The smallest absolute Gasteiger partial charge is 0.326 e. The molecule has 4 rings (SSSR count). The van der Waals surface area contributed by atoms with Crippen molar-refractivity contribution >= 4 is 23.3 Å². The summed E-state index contributed by atoms with van der Waals surface area (Å²) in [4.78, 5) is 30.5. The van der Waals surface area contributed by atoms with Crippen LogP contribution in [0, 0.1) is 5.95 Å². The Morgan fingerprint density at radius 3 is 2.38 bits per heavy atom. The molecule has 3 aromatic rings. The summed E-state index contributed by atoms with van der Waals surface area (Å²) < 4.78 is 51.9. The molecule has 0 bridgehead atoms. The van der Waals surface area contributed by atoms with Crippen molar-refractivity contribution in [3.05, 3.63) is 78.4 Å². The van der Waals surface area contributed by atoms with E-state index >= 15 is 0 Å². The molecule has 10 heteroatoms. The number of piperidine rings is 1. The van der Waals surface area contributed by atoms with Crippen LogP contribution in [0.15, 0.2) is 66.9 Å². The van der Waals surface area contributed by atoms with Gasteiger partial charge in [-0.2, -0.15) is 17.6 Å². The van der Waals surface area contributed by atoms with Crippen molar-refractivity contribution in [3.63, 3.8) is 0 Å². The molecule has 0 saturated carbocycles. The van der Waals surface area contributed by atoms with E-state index in [4.69, 9.17) is 0 Å². The highest BCUT2D eigenvalue weighted by molar-refractivity contribution is 6.01. The summed E-state index contributed by atoms with van der Waals surface area (Å²) in [6.07, 6.45) is -2.05. The van der Waals surface area contributed by atoms with Crippen molar-refractivity contribution in [2.45, 2.75) is 25.1 Å². The standard InChI is InChI=1S/C24H20F4N4O2/c25-21-19(3-1-13-29-21)15-5-11-18(12-6-15)32-14-2-4-20(22(32)33)31-23(34)30-17-9-7-16(8-10-17)24(26,27)28/h1,3,5-13,20H,2,4,14H2,(H2,30,31,34)/t20-/m0/s1. The summed E-state index contributed by atoms with van der Waals surface area (Å²) in [5, 5.41) is 5.03. The number of hydrogen-bond acceptors (Lipinski definition) is 3. The number of urea groups is 1. The first-order valence-electron chi connectivity index (χ1n) is 10.5. The molecule has 2 aromatic carbocycles. The van der Waals surface area contributed by atoms with E-state index < -0.39 is 29.8 Å². The molecule has 0 unspecified atom stereocenters. The zero-order valence-electron chi connectivity index (χ0n) is 17.8. The van der Waals surface area contributed by atoms with Gasteiger partial charge in [-0.3, -0.25) is 4.79 Å². The average molecular weight is 472 g/mol. The van der Waals surface area contributed by atoms with Gasteiger partial charge in [0, 0.05) is 29.7 Å². The first-order chi connectivity index (χ1) is 16.2. The summed E-state index contributed by atoms with van der Waals surface area (Å²) in [6, 6.07) is 12.6. The quantitative estimate of drug-likeness (QED) is 0.404. The monoisotopic (exact) mass is 472 g/mol. The molecular weight excluding hydrogens is 452 g/mol. The zero-order chi connectivity index (χ0) is 24.3. The summed E-state index contributed by atoms with van der Waals surface area (Å²) in [6.45, 7) is 0.456. The van der Waals surface area contributed by atoms with Crippen LogP contribution in [0.3, 0.4) is 0 Å². The van der Waals surface area contributed by atoms with E-state index in [1.807, 2.05) is 0 Å². The number of alkyl halides is 3. The van der Waals surface area contributed by atoms with Crippen molar-refractivity contribution < 1.29 is 27.2 Å².